The van der Waals surface area contributed by atoms with E-state index in [2.05, 4.69) is 21.2 Å². The van der Waals surface area contributed by atoms with Gasteiger partial charge in [-0.25, -0.2) is 9.29 Å². The van der Waals surface area contributed by atoms with Crippen molar-refractivity contribution >= 4 is 22.7 Å². The van der Waals surface area contributed by atoms with Crippen molar-refractivity contribution in [3.05, 3.63) is 30.5 Å². The van der Waals surface area contributed by atoms with Gasteiger partial charge in [0.1, 0.15) is 0 Å². The maximum atomic E-state index is 9.02. The van der Waals surface area contributed by atoms with Crippen LogP contribution in [0.2, 0.25) is 0 Å². The summed E-state index contributed by atoms with van der Waals surface area (Å²) in [5.41, 5.74) is 0. The first kappa shape index (κ1) is 16.4. The van der Waals surface area contributed by atoms with Gasteiger partial charge in [0.2, 0.25) is 5.88 Å². The van der Waals surface area contributed by atoms with Gasteiger partial charge in [0.15, 0.2) is 0 Å². The van der Waals surface area contributed by atoms with E-state index in [0.717, 1.165) is 36.5 Å². The van der Waals surface area contributed by atoms with Gasteiger partial charge in [0.05, 0.1) is 0 Å². The molecule has 2 heterocycles. The summed E-state index contributed by atoms with van der Waals surface area (Å²) in [6.45, 7) is 3.99. The number of rotatable bonds is 4. The van der Waals surface area contributed by atoms with Crippen LogP contribution in [0.15, 0.2) is 35.4 Å². The van der Waals surface area contributed by atoms with E-state index in [1.165, 1.54) is 6.20 Å². The second-order valence-corrected chi connectivity index (χ2v) is 6.61. The number of aromatic nitrogens is 1. The normalized spacial score (nSPS) is 17.6. The zero-order valence-corrected chi connectivity index (χ0v) is 13.5. The van der Waals surface area contributed by atoms with Gasteiger partial charge < -0.3 is 25.0 Å². The Kier molecular flexibility index (Phi) is 4.72. The molecule has 1 aromatic heterocycles. The van der Waals surface area contributed by atoms with Crippen LogP contribution in [0.4, 0.5) is 0 Å². The van der Waals surface area contributed by atoms with Gasteiger partial charge >= 0.3 is 6.16 Å². The molecule has 7 nitrogen and oxygen atoms in total. The van der Waals surface area contributed by atoms with Gasteiger partial charge in [0, 0.05) is 48.0 Å². The fourth-order valence-electron chi connectivity index (χ4n) is 2.46. The molecule has 0 unspecified atom stereocenters. The van der Waals surface area contributed by atoms with Crippen LogP contribution in [-0.2, 0) is 0 Å². The molecule has 0 saturated carbocycles. The maximum absolute atomic E-state index is 9.02. The number of fused-ring (bicyclic) bond motifs is 1. The van der Waals surface area contributed by atoms with Crippen LogP contribution in [-0.4, -0.2) is 68.9 Å². The van der Waals surface area contributed by atoms with E-state index in [-0.39, 0.29) is 5.88 Å². The molecule has 8 heteroatoms. The minimum Gasteiger partial charge on any atom is -0.398 e. The van der Waals surface area contributed by atoms with Crippen LogP contribution in [0.5, 0.6) is 5.88 Å². The lowest BCUT2D eigenvalue weighted by Gasteiger charge is -2.31. The number of benzene rings is 1. The number of likely N-dealkylation sites (N-methyl/N-ethyl adjacent to an activating group) is 1. The lowest BCUT2D eigenvalue weighted by Crippen LogP contribution is -2.40. The Balaban J connectivity index is 1.88. The van der Waals surface area contributed by atoms with E-state index >= 15 is 0 Å². The van der Waals surface area contributed by atoms with Crippen LogP contribution >= 0.6 is 11.9 Å². The Bertz CT molecular complexity index is 684. The molecule has 0 bridgehead atoms. The van der Waals surface area contributed by atoms with Crippen molar-refractivity contribution in [3.63, 3.8) is 0 Å². The number of hydrogen-bond donors (Lipinski definition) is 3. The molecule has 1 aliphatic heterocycles. The zero-order valence-electron chi connectivity index (χ0n) is 12.7. The summed E-state index contributed by atoms with van der Waals surface area (Å²) in [6, 6.07) is 7.45. The maximum Gasteiger partial charge on any atom is 0.454 e. The molecule has 0 atom stereocenters. The highest BCUT2D eigenvalue weighted by molar-refractivity contribution is 7.97. The lowest BCUT2D eigenvalue weighted by atomic mass is 10.2. The van der Waals surface area contributed by atoms with Gasteiger partial charge in [-0.1, -0.05) is 6.07 Å². The predicted molar refractivity (Wildman–Crippen MR) is 86.7 cm³/mol. The van der Waals surface area contributed by atoms with Gasteiger partial charge in [-0.3, -0.25) is 0 Å². The highest BCUT2D eigenvalue weighted by atomic mass is 32.2. The second-order valence-electron chi connectivity index (χ2n) is 5.47. The lowest BCUT2D eigenvalue weighted by molar-refractivity contribution is -0.420. The quantitative estimate of drug-likeness (QED) is 0.548. The Morgan fingerprint density at radius 3 is 2.52 bits per heavy atom. The Morgan fingerprint density at radius 1 is 1.09 bits per heavy atom. The molecular formula is C15H19N3O4S. The number of piperazine rings is 1. The standard InChI is InChI=1S/C15H19N3O4S/c1-17-7-9-18(10-8-17)23-13-4-2-3-12-11(13)5-6-16-14(12)22-15(19,20)21/h2-6,19-21H,7-10H2,1H3. The van der Waals surface area contributed by atoms with Crippen molar-refractivity contribution in [1.82, 2.24) is 14.2 Å². The third kappa shape index (κ3) is 4.11. The molecule has 0 aliphatic carbocycles. The zero-order chi connectivity index (χ0) is 16.4. The van der Waals surface area contributed by atoms with Crippen molar-refractivity contribution in [2.24, 2.45) is 0 Å². The van der Waals surface area contributed by atoms with E-state index in [1.54, 1.807) is 18.0 Å². The van der Waals surface area contributed by atoms with Crippen molar-refractivity contribution in [2.45, 2.75) is 11.1 Å². The van der Waals surface area contributed by atoms with E-state index in [0.29, 0.717) is 5.39 Å². The molecule has 23 heavy (non-hydrogen) atoms. The average molecular weight is 337 g/mol. The molecule has 124 valence electrons. The van der Waals surface area contributed by atoms with Crippen molar-refractivity contribution in [1.29, 1.82) is 0 Å². The summed E-state index contributed by atoms with van der Waals surface area (Å²) in [7, 11) is 2.11. The minimum absolute atomic E-state index is 0.0316. The van der Waals surface area contributed by atoms with Crippen LogP contribution in [0.1, 0.15) is 0 Å². The average Bonchev–Trinajstić information content (AvgIpc) is 2.49. The molecule has 1 aromatic carbocycles. The van der Waals surface area contributed by atoms with E-state index < -0.39 is 6.16 Å². The number of pyridine rings is 1. The molecule has 0 spiro atoms. The molecule has 0 amide bonds. The molecule has 1 fully saturated rings. The van der Waals surface area contributed by atoms with Crippen LogP contribution in [0, 0.1) is 0 Å². The van der Waals surface area contributed by atoms with Crippen molar-refractivity contribution in [2.75, 3.05) is 33.2 Å². The Labute approximate surface area is 138 Å². The molecule has 1 aliphatic rings. The number of hydrogen-bond acceptors (Lipinski definition) is 8. The van der Waals surface area contributed by atoms with Crippen molar-refractivity contribution < 1.29 is 20.1 Å². The van der Waals surface area contributed by atoms with Crippen molar-refractivity contribution in [3.8, 4) is 5.88 Å². The monoisotopic (exact) mass is 337 g/mol. The number of nitrogens with zero attached hydrogens (tertiary/aromatic N) is 3. The Hall–Kier alpha value is -1.42. The van der Waals surface area contributed by atoms with Gasteiger partial charge in [-0.15, -0.1) is 0 Å². The highest BCUT2D eigenvalue weighted by Crippen LogP contribution is 2.34. The Morgan fingerprint density at radius 2 is 1.83 bits per heavy atom. The first-order valence-electron chi connectivity index (χ1n) is 7.28. The van der Waals surface area contributed by atoms with Crippen LogP contribution < -0.4 is 4.74 Å². The summed E-state index contributed by atoms with van der Waals surface area (Å²) in [6.07, 6.45) is -1.74. The van der Waals surface area contributed by atoms with Crippen LogP contribution in [0.3, 0.4) is 0 Å². The summed E-state index contributed by atoms with van der Waals surface area (Å²) in [5, 5.41) is 28.5. The van der Waals surface area contributed by atoms with E-state index in [4.69, 9.17) is 20.1 Å². The molecular weight excluding hydrogens is 318 g/mol. The SMILES string of the molecule is CN1CCN(Sc2cccc3c(OC(O)(O)O)nccc23)CC1. The predicted octanol–water partition coefficient (Wildman–Crippen LogP) is 0.456. The molecule has 3 rings (SSSR count). The first-order chi connectivity index (χ1) is 10.9. The first-order valence-corrected chi connectivity index (χ1v) is 8.05. The smallest absolute Gasteiger partial charge is 0.398 e. The van der Waals surface area contributed by atoms with Crippen LogP contribution in [0.25, 0.3) is 10.8 Å². The van der Waals surface area contributed by atoms with Gasteiger partial charge in [-0.2, -0.15) is 0 Å². The number of aliphatic hydroxyl groups is 3. The van der Waals surface area contributed by atoms with Gasteiger partial charge in [-0.05, 0) is 37.2 Å². The second kappa shape index (κ2) is 6.60. The summed E-state index contributed by atoms with van der Waals surface area (Å²) < 4.78 is 7.00. The molecule has 0 radical (unpaired) electrons. The number of ether oxygens (including phenoxy) is 1. The molecule has 2 aromatic rings. The van der Waals surface area contributed by atoms with E-state index in [9.17, 15) is 0 Å². The fourth-order valence-corrected chi connectivity index (χ4v) is 3.50. The topological polar surface area (TPSA) is 89.3 Å². The summed E-state index contributed by atoms with van der Waals surface area (Å²) >= 11 is 1.66. The minimum atomic E-state index is -3.25. The van der Waals surface area contributed by atoms with E-state index in [1.807, 2.05) is 18.2 Å². The molecule has 1 saturated heterocycles. The highest BCUT2D eigenvalue weighted by Gasteiger charge is 2.23. The third-order valence-corrected chi connectivity index (χ3v) is 4.83. The summed E-state index contributed by atoms with van der Waals surface area (Å²) in [4.78, 5) is 7.28. The molecule has 3 N–H and O–H groups in total. The third-order valence-electron chi connectivity index (χ3n) is 3.65. The largest absolute Gasteiger partial charge is 0.454 e. The fraction of sp³-hybridized carbons (Fsp3) is 0.400. The summed E-state index contributed by atoms with van der Waals surface area (Å²) in [5.74, 6) is -0.0316. The van der Waals surface area contributed by atoms with Gasteiger partial charge in [0.25, 0.3) is 0 Å².